The monoisotopic (exact) mass is 324 g/mol. The topological polar surface area (TPSA) is 121 Å². The molecule has 0 aliphatic carbocycles. The van der Waals surface area contributed by atoms with Crippen LogP contribution in [0.1, 0.15) is 33.6 Å². The Hall–Kier alpha value is -2.26. The Balaban J connectivity index is 2.04. The Bertz CT molecular complexity index is 801. The van der Waals surface area contributed by atoms with E-state index in [0.29, 0.717) is 6.42 Å². The molecule has 0 aromatic heterocycles. The van der Waals surface area contributed by atoms with Crippen LogP contribution < -0.4 is 5.32 Å². The van der Waals surface area contributed by atoms with Gasteiger partial charge in [-0.05, 0) is 31.0 Å². The van der Waals surface area contributed by atoms with Crippen LogP contribution in [0.2, 0.25) is 0 Å². The number of nitrogens with one attached hydrogen (secondary N) is 1. The predicted molar refractivity (Wildman–Crippen MR) is 72.8 cm³/mol. The van der Waals surface area contributed by atoms with Crippen molar-refractivity contribution >= 4 is 27.8 Å². The van der Waals surface area contributed by atoms with Crippen LogP contribution in [0.3, 0.4) is 0 Å². The molecule has 2 aliphatic rings. The second-order valence-electron chi connectivity index (χ2n) is 5.10. The van der Waals surface area contributed by atoms with Crippen LogP contribution in [0.5, 0.6) is 0 Å². The van der Waals surface area contributed by atoms with Crippen molar-refractivity contribution in [3.63, 3.8) is 0 Å². The van der Waals surface area contributed by atoms with Crippen molar-refractivity contribution in [2.24, 2.45) is 0 Å². The fraction of sp³-hybridized carbons (Fsp3) is 0.308. The summed E-state index contributed by atoms with van der Waals surface area (Å²) in [6.45, 7) is 0.113. The van der Waals surface area contributed by atoms with Gasteiger partial charge >= 0.3 is 5.97 Å². The van der Waals surface area contributed by atoms with Crippen molar-refractivity contribution in [2.45, 2.75) is 23.8 Å². The van der Waals surface area contributed by atoms with Gasteiger partial charge in [-0.25, -0.2) is 8.42 Å². The summed E-state index contributed by atoms with van der Waals surface area (Å²) in [4.78, 5) is 34.0. The molecule has 0 bridgehead atoms. The Morgan fingerprint density at radius 3 is 2.59 bits per heavy atom. The molecule has 8 nitrogen and oxygen atoms in total. The van der Waals surface area contributed by atoms with E-state index in [4.69, 9.17) is 5.11 Å². The van der Waals surface area contributed by atoms with E-state index in [2.05, 4.69) is 5.32 Å². The second kappa shape index (κ2) is 4.89. The first kappa shape index (κ1) is 14.7. The molecule has 1 atom stereocenters. The average molecular weight is 324 g/mol. The molecular weight excluding hydrogens is 312 g/mol. The van der Waals surface area contributed by atoms with Gasteiger partial charge in [0, 0.05) is 6.54 Å². The molecule has 22 heavy (non-hydrogen) atoms. The third-order valence-electron chi connectivity index (χ3n) is 3.80. The molecule has 2 amide bonds. The zero-order valence-electron chi connectivity index (χ0n) is 11.3. The zero-order chi connectivity index (χ0) is 16.1. The van der Waals surface area contributed by atoms with Crippen molar-refractivity contribution in [1.82, 2.24) is 9.62 Å². The zero-order valence-corrected chi connectivity index (χ0v) is 12.1. The normalized spacial score (nSPS) is 21.7. The number of carboxylic acids is 1. The van der Waals surface area contributed by atoms with Gasteiger partial charge in [-0.2, -0.15) is 4.31 Å². The van der Waals surface area contributed by atoms with Gasteiger partial charge in [0.25, 0.3) is 11.8 Å². The van der Waals surface area contributed by atoms with Crippen molar-refractivity contribution < 1.29 is 27.9 Å². The van der Waals surface area contributed by atoms with E-state index in [1.54, 1.807) is 0 Å². The van der Waals surface area contributed by atoms with Gasteiger partial charge in [-0.15, -0.1) is 0 Å². The molecule has 1 saturated heterocycles. The van der Waals surface area contributed by atoms with Gasteiger partial charge in [-0.3, -0.25) is 19.7 Å². The fourth-order valence-electron chi connectivity index (χ4n) is 2.72. The minimum absolute atomic E-state index is 0.0165. The molecule has 0 radical (unpaired) electrons. The first-order valence-corrected chi connectivity index (χ1v) is 8.01. The van der Waals surface area contributed by atoms with E-state index in [9.17, 15) is 22.8 Å². The largest absolute Gasteiger partial charge is 0.480 e. The minimum atomic E-state index is -4.03. The third kappa shape index (κ3) is 2.09. The second-order valence-corrected chi connectivity index (χ2v) is 6.99. The number of sulfonamides is 1. The lowest BCUT2D eigenvalue weighted by atomic mass is 10.1. The molecule has 1 fully saturated rings. The number of nitrogens with zero attached hydrogens (tertiary/aromatic N) is 1. The molecule has 1 aromatic carbocycles. The number of benzene rings is 1. The molecule has 2 heterocycles. The highest BCUT2D eigenvalue weighted by molar-refractivity contribution is 7.89. The van der Waals surface area contributed by atoms with E-state index >= 15 is 0 Å². The van der Waals surface area contributed by atoms with Gasteiger partial charge in [0.2, 0.25) is 10.0 Å². The predicted octanol–water partition coefficient (Wildman–Crippen LogP) is -0.192. The number of carbonyl (C=O) groups is 3. The van der Waals surface area contributed by atoms with Crippen LogP contribution in [0, 0.1) is 0 Å². The van der Waals surface area contributed by atoms with Crippen molar-refractivity contribution in [1.29, 1.82) is 0 Å². The highest BCUT2D eigenvalue weighted by Crippen LogP contribution is 2.28. The van der Waals surface area contributed by atoms with E-state index in [-0.39, 0.29) is 29.0 Å². The molecule has 2 aliphatic heterocycles. The van der Waals surface area contributed by atoms with E-state index in [0.717, 1.165) is 10.4 Å². The van der Waals surface area contributed by atoms with E-state index in [1.165, 1.54) is 12.1 Å². The van der Waals surface area contributed by atoms with E-state index < -0.39 is 33.8 Å². The lowest BCUT2D eigenvalue weighted by molar-refractivity contribution is -0.140. The molecule has 0 spiro atoms. The third-order valence-corrected chi connectivity index (χ3v) is 5.71. The maximum atomic E-state index is 12.6. The number of fused-ring (bicyclic) bond motifs is 1. The number of hydrogen-bond acceptors (Lipinski definition) is 5. The Morgan fingerprint density at radius 1 is 1.23 bits per heavy atom. The van der Waals surface area contributed by atoms with Crippen LogP contribution in [0.15, 0.2) is 23.1 Å². The number of carboxylic acid groups (broad SMARTS) is 1. The summed E-state index contributed by atoms with van der Waals surface area (Å²) in [5.74, 6) is -2.43. The summed E-state index contributed by atoms with van der Waals surface area (Å²) >= 11 is 0. The van der Waals surface area contributed by atoms with Crippen molar-refractivity contribution in [3.05, 3.63) is 29.3 Å². The summed E-state index contributed by atoms with van der Waals surface area (Å²) in [7, 11) is -4.03. The summed E-state index contributed by atoms with van der Waals surface area (Å²) in [5, 5.41) is 11.2. The van der Waals surface area contributed by atoms with Crippen LogP contribution in [0.4, 0.5) is 0 Å². The first-order valence-electron chi connectivity index (χ1n) is 6.57. The fourth-order valence-corrected chi connectivity index (χ4v) is 4.40. The van der Waals surface area contributed by atoms with E-state index in [1.807, 2.05) is 0 Å². The first-order chi connectivity index (χ1) is 10.3. The summed E-state index contributed by atoms with van der Waals surface area (Å²) in [6, 6.07) is 2.48. The highest BCUT2D eigenvalue weighted by Gasteiger charge is 2.40. The van der Waals surface area contributed by atoms with Crippen LogP contribution in [-0.4, -0.2) is 48.2 Å². The average Bonchev–Trinajstić information content (AvgIpc) is 3.05. The quantitative estimate of drug-likeness (QED) is 0.743. The number of aliphatic carboxylic acids is 1. The lowest BCUT2D eigenvalue weighted by Crippen LogP contribution is -2.40. The number of carbonyl (C=O) groups excluding carboxylic acids is 2. The van der Waals surface area contributed by atoms with Gasteiger partial charge in [0.05, 0.1) is 16.0 Å². The van der Waals surface area contributed by atoms with Gasteiger partial charge in [-0.1, -0.05) is 0 Å². The number of imide groups is 1. The van der Waals surface area contributed by atoms with Gasteiger partial charge < -0.3 is 5.11 Å². The van der Waals surface area contributed by atoms with Crippen LogP contribution in [-0.2, 0) is 14.8 Å². The molecule has 1 aromatic rings. The molecule has 3 rings (SSSR count). The Labute approximate surface area is 125 Å². The van der Waals surface area contributed by atoms with Crippen LogP contribution >= 0.6 is 0 Å². The van der Waals surface area contributed by atoms with Crippen molar-refractivity contribution in [2.75, 3.05) is 6.54 Å². The SMILES string of the molecule is O=C1NC(=O)c2cc(S(=O)(=O)N3CCC[C@H]3C(=O)O)ccc21. The number of amides is 2. The number of rotatable bonds is 3. The molecule has 2 N–H and O–H groups in total. The number of hydrogen-bond donors (Lipinski definition) is 2. The smallest absolute Gasteiger partial charge is 0.322 e. The molecular formula is C13H12N2O6S. The maximum Gasteiger partial charge on any atom is 0.322 e. The Kier molecular flexibility index (Phi) is 3.26. The van der Waals surface area contributed by atoms with Crippen molar-refractivity contribution in [3.8, 4) is 0 Å². The molecule has 0 saturated carbocycles. The maximum absolute atomic E-state index is 12.6. The summed E-state index contributed by atoms with van der Waals surface area (Å²) in [5.41, 5.74) is 0.0947. The van der Waals surface area contributed by atoms with Gasteiger partial charge in [0.1, 0.15) is 6.04 Å². The highest BCUT2D eigenvalue weighted by atomic mass is 32.2. The molecule has 0 unspecified atom stereocenters. The summed E-state index contributed by atoms with van der Waals surface area (Å²) < 4.78 is 26.1. The molecule has 116 valence electrons. The molecule has 9 heteroatoms. The minimum Gasteiger partial charge on any atom is -0.480 e. The van der Waals surface area contributed by atoms with Crippen LogP contribution in [0.25, 0.3) is 0 Å². The standard InChI is InChI=1S/C13H12N2O6S/c16-11-8-4-3-7(6-9(8)12(17)14-11)22(20,21)15-5-1-2-10(15)13(18)19/h3-4,6,10H,1-2,5H2,(H,18,19)(H,14,16,17)/t10-/m0/s1. The lowest BCUT2D eigenvalue weighted by Gasteiger charge is -2.21. The Morgan fingerprint density at radius 2 is 1.91 bits per heavy atom. The summed E-state index contributed by atoms with van der Waals surface area (Å²) in [6.07, 6.45) is 0.707. The van der Waals surface area contributed by atoms with Gasteiger partial charge in [0.15, 0.2) is 0 Å².